The van der Waals surface area contributed by atoms with Gasteiger partial charge in [-0.15, -0.1) is 0 Å². The van der Waals surface area contributed by atoms with Crippen molar-refractivity contribution in [2.24, 2.45) is 0 Å². The number of carbonyl (C=O) groups is 1. The molecule has 5 rings (SSSR count). The number of para-hydroxylation sites is 2. The Kier molecular flexibility index (Phi) is 8.10. The minimum absolute atomic E-state index is 0.0259. The van der Waals surface area contributed by atoms with E-state index in [9.17, 15) is 9.18 Å². The lowest BCUT2D eigenvalue weighted by Gasteiger charge is -2.09. The summed E-state index contributed by atoms with van der Waals surface area (Å²) in [6, 6.07) is 16.9. The van der Waals surface area contributed by atoms with E-state index in [-0.39, 0.29) is 17.9 Å². The zero-order valence-corrected chi connectivity index (χ0v) is 20.8. The molecule has 0 unspecified atom stereocenters. The Morgan fingerprint density at radius 1 is 0.921 bits per heavy atom. The van der Waals surface area contributed by atoms with Crippen LogP contribution in [-0.4, -0.2) is 43.5 Å². The second kappa shape index (κ2) is 12.2. The molecule has 10 heteroatoms. The van der Waals surface area contributed by atoms with Crippen LogP contribution >= 0.6 is 0 Å². The van der Waals surface area contributed by atoms with Crippen molar-refractivity contribution >= 4 is 16.9 Å². The van der Waals surface area contributed by atoms with Gasteiger partial charge in [-0.1, -0.05) is 18.2 Å². The summed E-state index contributed by atoms with van der Waals surface area (Å²) in [4.78, 5) is 29.8. The highest BCUT2D eigenvalue weighted by molar-refractivity contribution is 5.91. The molecule has 5 aromatic rings. The number of rotatable bonds is 12. The van der Waals surface area contributed by atoms with E-state index in [1.54, 1.807) is 0 Å². The van der Waals surface area contributed by atoms with E-state index >= 15 is 0 Å². The van der Waals surface area contributed by atoms with Crippen LogP contribution in [0.3, 0.4) is 0 Å². The zero-order valence-electron chi connectivity index (χ0n) is 20.8. The fourth-order valence-corrected chi connectivity index (χ4v) is 4.19. The van der Waals surface area contributed by atoms with Gasteiger partial charge in [0.25, 0.3) is 5.91 Å². The number of halogens is 1. The molecule has 0 aliphatic rings. The van der Waals surface area contributed by atoms with Crippen LogP contribution in [0.15, 0.2) is 77.7 Å². The fourth-order valence-electron chi connectivity index (χ4n) is 4.19. The van der Waals surface area contributed by atoms with E-state index in [1.165, 1.54) is 24.6 Å². The minimum Gasteiger partial charge on any atom is -0.448 e. The molecule has 0 fully saturated rings. The maximum absolute atomic E-state index is 13.7. The molecule has 0 aliphatic heterocycles. The summed E-state index contributed by atoms with van der Waals surface area (Å²) >= 11 is 0. The highest BCUT2D eigenvalue weighted by Crippen LogP contribution is 2.17. The van der Waals surface area contributed by atoms with Gasteiger partial charge in [0.15, 0.2) is 11.6 Å². The average molecular weight is 514 g/mol. The number of nitrogens with zero attached hydrogens (tertiary/aromatic N) is 5. The molecule has 0 aliphatic carbocycles. The molecule has 38 heavy (non-hydrogen) atoms. The predicted octanol–water partition coefficient (Wildman–Crippen LogP) is 3.50. The standard InChI is InChI=1S/C28H28FN7O2/c29-21-7-5-14-32-23(21)18-33-28(37)24-19-38-27(35-24)11-16-30-15-10-26-34-22-8-1-2-9-25(22)36(26)17-12-20-6-3-4-13-31-20/h1-9,13-14,19,30H,10-12,15-18H2,(H,33,37). The van der Waals surface area contributed by atoms with Gasteiger partial charge in [0, 0.05) is 57.0 Å². The molecular formula is C28H28FN7O2. The van der Waals surface area contributed by atoms with E-state index in [2.05, 4.69) is 36.2 Å². The van der Waals surface area contributed by atoms with Crippen LogP contribution in [0.1, 0.15) is 33.6 Å². The van der Waals surface area contributed by atoms with Crippen molar-refractivity contribution in [3.05, 3.63) is 108 Å². The monoisotopic (exact) mass is 513 g/mol. The highest BCUT2D eigenvalue weighted by atomic mass is 19.1. The fraction of sp³-hybridized carbons (Fsp3) is 0.250. The zero-order chi connectivity index (χ0) is 26.2. The number of aryl methyl sites for hydroxylation is 2. The van der Waals surface area contributed by atoms with Crippen LogP contribution in [0.25, 0.3) is 11.0 Å². The Morgan fingerprint density at radius 3 is 2.63 bits per heavy atom. The summed E-state index contributed by atoms with van der Waals surface area (Å²) in [6.45, 7) is 2.15. The van der Waals surface area contributed by atoms with Gasteiger partial charge < -0.3 is 19.6 Å². The molecule has 0 radical (unpaired) electrons. The highest BCUT2D eigenvalue weighted by Gasteiger charge is 2.14. The first-order chi connectivity index (χ1) is 18.7. The Balaban J connectivity index is 1.10. The lowest BCUT2D eigenvalue weighted by Crippen LogP contribution is -2.24. The summed E-state index contributed by atoms with van der Waals surface area (Å²) < 4.78 is 21.4. The summed E-state index contributed by atoms with van der Waals surface area (Å²) in [5.74, 6) is 0.564. The van der Waals surface area contributed by atoms with Gasteiger partial charge in [0.2, 0.25) is 0 Å². The first-order valence-corrected chi connectivity index (χ1v) is 12.5. The van der Waals surface area contributed by atoms with Gasteiger partial charge >= 0.3 is 0 Å². The van der Waals surface area contributed by atoms with Crippen molar-refractivity contribution in [2.75, 3.05) is 13.1 Å². The summed E-state index contributed by atoms with van der Waals surface area (Å²) in [5.41, 5.74) is 3.48. The lowest BCUT2D eigenvalue weighted by atomic mass is 10.2. The SMILES string of the molecule is O=C(NCc1ncccc1F)c1coc(CCNCCc2nc3ccccc3n2CCc2ccccn2)n1. The molecule has 194 valence electrons. The Labute approximate surface area is 219 Å². The predicted molar refractivity (Wildman–Crippen MR) is 140 cm³/mol. The molecule has 0 atom stereocenters. The second-order valence-corrected chi connectivity index (χ2v) is 8.73. The van der Waals surface area contributed by atoms with Crippen LogP contribution in [0.2, 0.25) is 0 Å². The number of fused-ring (bicyclic) bond motifs is 1. The number of hydrogen-bond donors (Lipinski definition) is 2. The van der Waals surface area contributed by atoms with Crippen LogP contribution in [0.4, 0.5) is 4.39 Å². The van der Waals surface area contributed by atoms with Crippen LogP contribution in [-0.2, 0) is 32.4 Å². The third-order valence-electron chi connectivity index (χ3n) is 6.13. The number of benzene rings is 1. The largest absolute Gasteiger partial charge is 0.448 e. The first kappa shape index (κ1) is 25.2. The molecular weight excluding hydrogens is 485 g/mol. The third kappa shape index (κ3) is 6.27. The molecule has 0 saturated heterocycles. The Morgan fingerprint density at radius 2 is 1.76 bits per heavy atom. The topological polar surface area (TPSA) is 111 Å². The first-order valence-electron chi connectivity index (χ1n) is 12.5. The smallest absolute Gasteiger partial charge is 0.273 e. The van der Waals surface area contributed by atoms with Gasteiger partial charge in [0.05, 0.1) is 23.3 Å². The van der Waals surface area contributed by atoms with E-state index in [1.807, 2.05) is 42.6 Å². The van der Waals surface area contributed by atoms with E-state index in [0.717, 1.165) is 48.5 Å². The van der Waals surface area contributed by atoms with Gasteiger partial charge in [-0.25, -0.2) is 14.4 Å². The Hall–Kier alpha value is -4.44. The number of nitrogens with one attached hydrogen (secondary N) is 2. The number of hydrogen-bond acceptors (Lipinski definition) is 7. The van der Waals surface area contributed by atoms with E-state index < -0.39 is 11.7 Å². The van der Waals surface area contributed by atoms with Crippen molar-refractivity contribution in [1.82, 2.24) is 35.1 Å². The van der Waals surface area contributed by atoms with Gasteiger partial charge in [0.1, 0.15) is 17.9 Å². The normalized spacial score (nSPS) is 11.2. The van der Waals surface area contributed by atoms with E-state index in [4.69, 9.17) is 9.40 Å². The molecule has 9 nitrogen and oxygen atoms in total. The summed E-state index contributed by atoms with van der Waals surface area (Å²) in [6.07, 6.45) is 6.73. The van der Waals surface area contributed by atoms with Crippen molar-refractivity contribution in [3.8, 4) is 0 Å². The molecule has 4 heterocycles. The summed E-state index contributed by atoms with van der Waals surface area (Å²) in [7, 11) is 0. The minimum atomic E-state index is -0.469. The second-order valence-electron chi connectivity index (χ2n) is 8.73. The third-order valence-corrected chi connectivity index (χ3v) is 6.13. The molecule has 2 N–H and O–H groups in total. The molecule has 0 bridgehead atoms. The number of amides is 1. The van der Waals surface area contributed by atoms with Gasteiger partial charge in [-0.3, -0.25) is 14.8 Å². The molecule has 0 saturated carbocycles. The van der Waals surface area contributed by atoms with Crippen LogP contribution in [0.5, 0.6) is 0 Å². The number of pyridine rings is 2. The van der Waals surface area contributed by atoms with Crippen molar-refractivity contribution in [1.29, 1.82) is 0 Å². The number of aromatic nitrogens is 5. The van der Waals surface area contributed by atoms with E-state index in [0.29, 0.717) is 18.9 Å². The van der Waals surface area contributed by atoms with Crippen LogP contribution < -0.4 is 10.6 Å². The van der Waals surface area contributed by atoms with Crippen molar-refractivity contribution in [2.45, 2.75) is 32.4 Å². The number of imidazole rings is 1. The quantitative estimate of drug-likeness (QED) is 0.246. The average Bonchev–Trinajstić information content (AvgIpc) is 3.56. The molecule has 1 aromatic carbocycles. The molecule has 1 amide bonds. The van der Waals surface area contributed by atoms with Crippen molar-refractivity contribution < 1.29 is 13.6 Å². The lowest BCUT2D eigenvalue weighted by molar-refractivity contribution is 0.0945. The maximum Gasteiger partial charge on any atom is 0.273 e. The molecule has 0 spiro atoms. The Bertz CT molecular complexity index is 1500. The maximum atomic E-state index is 13.7. The van der Waals surface area contributed by atoms with Crippen molar-refractivity contribution in [3.63, 3.8) is 0 Å². The summed E-state index contributed by atoms with van der Waals surface area (Å²) in [5, 5.41) is 6.01. The molecule has 4 aromatic heterocycles. The number of oxazole rings is 1. The van der Waals surface area contributed by atoms with Gasteiger partial charge in [-0.05, 0) is 36.4 Å². The van der Waals surface area contributed by atoms with Gasteiger partial charge in [-0.2, -0.15) is 0 Å². The number of carbonyl (C=O) groups excluding carboxylic acids is 1. The van der Waals surface area contributed by atoms with Crippen LogP contribution in [0, 0.1) is 5.82 Å².